The van der Waals surface area contributed by atoms with Crippen LogP contribution in [0.5, 0.6) is 0 Å². The molecule has 84 valence electrons. The first-order valence-electron chi connectivity index (χ1n) is 5.64. The summed E-state index contributed by atoms with van der Waals surface area (Å²) < 4.78 is 1.35. The number of hydrogen-bond donors (Lipinski definition) is 1. The molecule has 16 heavy (non-hydrogen) atoms. The van der Waals surface area contributed by atoms with Crippen LogP contribution in [0.4, 0.5) is 5.69 Å². The molecule has 1 heterocycles. The summed E-state index contributed by atoms with van der Waals surface area (Å²) in [6.07, 6.45) is 4.17. The van der Waals surface area contributed by atoms with Crippen LogP contribution in [0, 0.1) is 0 Å². The number of benzene rings is 1. The lowest BCUT2D eigenvalue weighted by atomic mass is 10.1. The molecule has 2 rings (SSSR count). The molecule has 1 atom stereocenters. The van der Waals surface area contributed by atoms with Gasteiger partial charge in [-0.2, -0.15) is 0 Å². The summed E-state index contributed by atoms with van der Waals surface area (Å²) in [4.78, 5) is 0. The highest BCUT2D eigenvalue weighted by Gasteiger charge is 2.02. The van der Waals surface area contributed by atoms with Gasteiger partial charge in [0.15, 0.2) is 0 Å². The van der Waals surface area contributed by atoms with E-state index in [1.54, 1.807) is 11.3 Å². The van der Waals surface area contributed by atoms with Gasteiger partial charge in [0.1, 0.15) is 0 Å². The standard InChI is InChI=1S/C14H17NS/c1-3-4-5-11(2)15-13-6-7-14-12(10-13)8-9-16-14/h3,6-11,15H,1,4-5H2,2H3. The van der Waals surface area contributed by atoms with E-state index in [1.165, 1.54) is 15.8 Å². The molecule has 1 unspecified atom stereocenters. The van der Waals surface area contributed by atoms with Gasteiger partial charge in [-0.1, -0.05) is 6.08 Å². The number of allylic oxidation sites excluding steroid dienone is 1. The average Bonchev–Trinajstić information content (AvgIpc) is 2.73. The first-order valence-corrected chi connectivity index (χ1v) is 6.52. The maximum absolute atomic E-state index is 3.75. The first kappa shape index (κ1) is 11.2. The normalized spacial score (nSPS) is 12.6. The Morgan fingerprint density at radius 3 is 3.12 bits per heavy atom. The van der Waals surface area contributed by atoms with Crippen molar-refractivity contribution in [1.82, 2.24) is 0 Å². The van der Waals surface area contributed by atoms with E-state index < -0.39 is 0 Å². The molecule has 0 fully saturated rings. The molecule has 0 bridgehead atoms. The smallest absolute Gasteiger partial charge is 0.0349 e. The second kappa shape index (κ2) is 5.17. The fraction of sp³-hybridized carbons (Fsp3) is 0.286. The van der Waals surface area contributed by atoms with Crippen LogP contribution in [0.25, 0.3) is 10.1 Å². The predicted octanol–water partition coefficient (Wildman–Crippen LogP) is 4.67. The van der Waals surface area contributed by atoms with Crippen molar-refractivity contribution in [3.05, 3.63) is 42.3 Å². The van der Waals surface area contributed by atoms with E-state index in [1.807, 2.05) is 6.08 Å². The van der Waals surface area contributed by atoms with E-state index in [4.69, 9.17) is 0 Å². The molecular formula is C14H17NS. The summed E-state index contributed by atoms with van der Waals surface area (Å²) in [6.45, 7) is 5.96. The lowest BCUT2D eigenvalue weighted by molar-refractivity contribution is 0.719. The number of hydrogen-bond acceptors (Lipinski definition) is 2. The lowest BCUT2D eigenvalue weighted by Crippen LogP contribution is -2.14. The molecule has 0 radical (unpaired) electrons. The van der Waals surface area contributed by atoms with Crippen molar-refractivity contribution < 1.29 is 0 Å². The molecule has 0 aliphatic rings. The Morgan fingerprint density at radius 1 is 1.44 bits per heavy atom. The van der Waals surface area contributed by atoms with Crippen molar-refractivity contribution in [1.29, 1.82) is 0 Å². The molecule has 0 aliphatic carbocycles. The SMILES string of the molecule is C=CCCC(C)Nc1ccc2sccc2c1. The Kier molecular flexibility index (Phi) is 3.62. The van der Waals surface area contributed by atoms with Crippen LogP contribution < -0.4 is 5.32 Å². The summed E-state index contributed by atoms with van der Waals surface area (Å²) >= 11 is 1.79. The van der Waals surface area contributed by atoms with Crippen LogP contribution in [0.1, 0.15) is 19.8 Å². The minimum absolute atomic E-state index is 0.495. The molecule has 0 saturated heterocycles. The van der Waals surface area contributed by atoms with Crippen LogP contribution in [-0.2, 0) is 0 Å². The Bertz CT molecular complexity index is 472. The minimum atomic E-state index is 0.495. The highest BCUT2D eigenvalue weighted by atomic mass is 32.1. The van der Waals surface area contributed by atoms with Gasteiger partial charge < -0.3 is 5.32 Å². The van der Waals surface area contributed by atoms with Gasteiger partial charge in [-0.15, -0.1) is 17.9 Å². The fourth-order valence-electron chi connectivity index (χ4n) is 1.78. The maximum atomic E-state index is 3.75. The van der Waals surface area contributed by atoms with Crippen molar-refractivity contribution in [2.24, 2.45) is 0 Å². The summed E-state index contributed by atoms with van der Waals surface area (Å²) in [5, 5.41) is 6.97. The van der Waals surface area contributed by atoms with Gasteiger partial charge in [0.05, 0.1) is 0 Å². The number of anilines is 1. The van der Waals surface area contributed by atoms with Gasteiger partial charge in [0.25, 0.3) is 0 Å². The van der Waals surface area contributed by atoms with E-state index in [0.29, 0.717) is 6.04 Å². The van der Waals surface area contributed by atoms with E-state index in [9.17, 15) is 0 Å². The monoisotopic (exact) mass is 231 g/mol. The van der Waals surface area contributed by atoms with Crippen LogP contribution in [0.2, 0.25) is 0 Å². The zero-order valence-corrected chi connectivity index (χ0v) is 10.4. The maximum Gasteiger partial charge on any atom is 0.0349 e. The number of fused-ring (bicyclic) bond motifs is 1. The topological polar surface area (TPSA) is 12.0 Å². The Balaban J connectivity index is 2.05. The molecule has 0 saturated carbocycles. The summed E-state index contributed by atoms with van der Waals surface area (Å²) in [7, 11) is 0. The Hall–Kier alpha value is -1.28. The molecule has 0 aliphatic heterocycles. The van der Waals surface area contributed by atoms with E-state index in [-0.39, 0.29) is 0 Å². The van der Waals surface area contributed by atoms with Gasteiger partial charge in [0.2, 0.25) is 0 Å². The molecule has 1 nitrogen and oxygen atoms in total. The van der Waals surface area contributed by atoms with Crippen molar-refractivity contribution >= 4 is 27.1 Å². The average molecular weight is 231 g/mol. The first-order chi connectivity index (χ1) is 7.79. The lowest BCUT2D eigenvalue weighted by Gasteiger charge is -2.14. The molecule has 1 aromatic heterocycles. The van der Waals surface area contributed by atoms with Crippen molar-refractivity contribution in [2.45, 2.75) is 25.8 Å². The summed E-state index contributed by atoms with van der Waals surface area (Å²) in [5.41, 5.74) is 1.21. The predicted molar refractivity (Wildman–Crippen MR) is 74.3 cm³/mol. The summed E-state index contributed by atoms with van der Waals surface area (Å²) in [6, 6.07) is 9.22. The zero-order chi connectivity index (χ0) is 11.4. The molecule has 1 aromatic carbocycles. The van der Waals surface area contributed by atoms with E-state index >= 15 is 0 Å². The molecule has 0 spiro atoms. The van der Waals surface area contributed by atoms with Gasteiger partial charge in [-0.05, 0) is 54.8 Å². The minimum Gasteiger partial charge on any atom is -0.383 e. The van der Waals surface area contributed by atoms with Gasteiger partial charge in [-0.3, -0.25) is 0 Å². The number of nitrogens with one attached hydrogen (secondary N) is 1. The van der Waals surface area contributed by atoms with E-state index in [2.05, 4.69) is 48.5 Å². The molecule has 2 heteroatoms. The van der Waals surface area contributed by atoms with Crippen LogP contribution >= 0.6 is 11.3 Å². The zero-order valence-electron chi connectivity index (χ0n) is 9.57. The second-order valence-electron chi connectivity index (χ2n) is 4.08. The Morgan fingerprint density at radius 2 is 2.31 bits per heavy atom. The highest BCUT2D eigenvalue weighted by Crippen LogP contribution is 2.24. The third-order valence-corrected chi connectivity index (χ3v) is 3.57. The van der Waals surface area contributed by atoms with Crippen molar-refractivity contribution in [3.8, 4) is 0 Å². The summed E-state index contributed by atoms with van der Waals surface area (Å²) in [5.74, 6) is 0. The van der Waals surface area contributed by atoms with Crippen molar-refractivity contribution in [3.63, 3.8) is 0 Å². The van der Waals surface area contributed by atoms with Crippen LogP contribution in [0.3, 0.4) is 0 Å². The van der Waals surface area contributed by atoms with Gasteiger partial charge in [0, 0.05) is 16.4 Å². The largest absolute Gasteiger partial charge is 0.383 e. The van der Waals surface area contributed by atoms with Crippen LogP contribution in [-0.4, -0.2) is 6.04 Å². The molecule has 0 amide bonds. The third kappa shape index (κ3) is 2.64. The van der Waals surface area contributed by atoms with Gasteiger partial charge in [-0.25, -0.2) is 0 Å². The molecule has 2 aromatic rings. The third-order valence-electron chi connectivity index (χ3n) is 2.67. The molecule has 1 N–H and O–H groups in total. The molecular weight excluding hydrogens is 214 g/mol. The van der Waals surface area contributed by atoms with Crippen LogP contribution in [0.15, 0.2) is 42.3 Å². The number of rotatable bonds is 5. The second-order valence-corrected chi connectivity index (χ2v) is 5.03. The Labute approximate surface area is 101 Å². The number of thiophene rings is 1. The quantitative estimate of drug-likeness (QED) is 0.737. The fourth-order valence-corrected chi connectivity index (χ4v) is 2.55. The van der Waals surface area contributed by atoms with Gasteiger partial charge >= 0.3 is 0 Å². The highest BCUT2D eigenvalue weighted by molar-refractivity contribution is 7.17. The van der Waals surface area contributed by atoms with E-state index in [0.717, 1.165) is 12.8 Å². The van der Waals surface area contributed by atoms with Crippen molar-refractivity contribution in [2.75, 3.05) is 5.32 Å².